The van der Waals surface area contributed by atoms with Crippen LogP contribution in [0.3, 0.4) is 0 Å². The minimum absolute atomic E-state index is 0. The molecular formula is C19H36AcN4O3. The fourth-order valence-corrected chi connectivity index (χ4v) is 3.48. The number of nitrogens with two attached hydrogens (primary N) is 1. The number of nitrogens with one attached hydrogen (secondary N) is 1. The molecule has 1 aliphatic heterocycles. The Morgan fingerprint density at radius 1 is 1.26 bits per heavy atom. The van der Waals surface area contributed by atoms with Gasteiger partial charge in [-0.15, -0.1) is 0 Å². The fraction of sp³-hybridized carbons (Fsp3) is 0.842. The quantitative estimate of drug-likeness (QED) is 0.335. The number of carbonyl (C=O) groups excluding carboxylic acids is 2. The van der Waals surface area contributed by atoms with Crippen LogP contribution in [0.4, 0.5) is 4.79 Å². The van der Waals surface area contributed by atoms with Gasteiger partial charge in [0, 0.05) is 56.7 Å². The van der Waals surface area contributed by atoms with Gasteiger partial charge in [0.2, 0.25) is 0 Å². The normalized spacial score (nSPS) is 23.4. The molecule has 4 N–H and O–H groups in total. The number of amides is 2. The molecule has 1 heterocycles. The van der Waals surface area contributed by atoms with Gasteiger partial charge in [0.15, 0.2) is 5.78 Å². The number of aliphatic hydroxyl groups excluding tert-OH is 1. The smallest absolute Gasteiger partial charge is 0.332 e. The van der Waals surface area contributed by atoms with Gasteiger partial charge in [-0.2, -0.15) is 5.10 Å². The number of hydrazone groups is 1. The van der Waals surface area contributed by atoms with Gasteiger partial charge in [0.25, 0.3) is 0 Å². The number of hydrogen-bond donors (Lipinski definition) is 3. The predicted molar refractivity (Wildman–Crippen MR) is 104 cm³/mol. The number of carbonyl (C=O) groups is 2. The summed E-state index contributed by atoms with van der Waals surface area (Å²) in [6, 6.07) is -1.21. The Hall–Kier alpha value is -0.0284. The molecule has 0 aliphatic carbocycles. The predicted octanol–water partition coefficient (Wildman–Crippen LogP) is 2.42. The molecule has 3 unspecified atom stereocenters. The molecule has 2 amide bonds. The van der Waals surface area contributed by atoms with Gasteiger partial charge in [-0.3, -0.25) is 9.69 Å². The van der Waals surface area contributed by atoms with Crippen molar-refractivity contribution in [2.45, 2.75) is 83.3 Å². The van der Waals surface area contributed by atoms with Crippen molar-refractivity contribution in [1.82, 2.24) is 10.3 Å². The number of ketones is 1. The monoisotopic (exact) mass is 595 g/mol. The SMILES string of the molecule is CC(C/C=N/NC(N)=O)C(O)C1C(=O)CCCCCCCCCCN1C.[Ac]. The molecule has 1 aliphatic rings. The third-order valence-corrected chi connectivity index (χ3v) is 5.14. The van der Waals surface area contributed by atoms with Crippen molar-refractivity contribution in [2.24, 2.45) is 16.8 Å². The summed E-state index contributed by atoms with van der Waals surface area (Å²) in [7, 11) is 1.93. The molecular weight excluding hydrogens is 559 g/mol. The Morgan fingerprint density at radius 2 is 1.81 bits per heavy atom. The molecule has 0 spiro atoms. The van der Waals surface area contributed by atoms with E-state index in [1.54, 1.807) is 0 Å². The summed E-state index contributed by atoms with van der Waals surface area (Å²) in [6.07, 6.45) is 10.9. The number of nitrogens with zero attached hydrogens (tertiary/aromatic N) is 2. The van der Waals surface area contributed by atoms with E-state index in [9.17, 15) is 14.7 Å². The molecule has 153 valence electrons. The van der Waals surface area contributed by atoms with Crippen molar-refractivity contribution in [3.8, 4) is 0 Å². The minimum Gasteiger partial charge on any atom is -0.391 e. The first-order chi connectivity index (χ1) is 12.4. The van der Waals surface area contributed by atoms with Crippen LogP contribution in [0.2, 0.25) is 0 Å². The van der Waals surface area contributed by atoms with Crippen LogP contribution in [-0.4, -0.2) is 53.8 Å². The zero-order valence-corrected chi connectivity index (χ0v) is 21.6. The number of aliphatic hydroxyl groups is 1. The van der Waals surface area contributed by atoms with Crippen LogP contribution in [-0.2, 0) is 4.79 Å². The molecule has 0 saturated carbocycles. The Balaban J connectivity index is 0.00000676. The molecule has 7 nitrogen and oxygen atoms in total. The molecule has 3 atom stereocenters. The van der Waals surface area contributed by atoms with Crippen molar-refractivity contribution in [3.05, 3.63) is 0 Å². The molecule has 1 saturated heterocycles. The number of primary amides is 1. The number of urea groups is 1. The number of Topliss-reactive ketones (excluding diaryl/α,β-unsaturated/α-hetero) is 1. The largest absolute Gasteiger partial charge is 0.391 e. The van der Waals surface area contributed by atoms with Crippen LogP contribution < -0.4 is 11.2 Å². The molecule has 8 heteroatoms. The summed E-state index contributed by atoms with van der Waals surface area (Å²) in [6.45, 7) is 2.71. The maximum Gasteiger partial charge on any atom is 0.332 e. The molecule has 0 aromatic rings. The van der Waals surface area contributed by atoms with Crippen molar-refractivity contribution < 1.29 is 58.8 Å². The van der Waals surface area contributed by atoms with Gasteiger partial charge in [-0.05, 0) is 38.8 Å². The van der Waals surface area contributed by atoms with E-state index in [-0.39, 0.29) is 55.8 Å². The second-order valence-corrected chi connectivity index (χ2v) is 7.46. The average molecular weight is 596 g/mol. The maximum atomic E-state index is 12.8. The van der Waals surface area contributed by atoms with E-state index in [0.29, 0.717) is 12.8 Å². The average Bonchev–Trinajstić information content (AvgIpc) is 2.60. The van der Waals surface area contributed by atoms with Gasteiger partial charge in [0.05, 0.1) is 12.1 Å². The zero-order chi connectivity index (χ0) is 19.4. The molecule has 1 fully saturated rings. The van der Waals surface area contributed by atoms with E-state index in [0.717, 1.165) is 25.8 Å². The topological polar surface area (TPSA) is 108 Å². The second-order valence-electron chi connectivity index (χ2n) is 7.46. The van der Waals surface area contributed by atoms with Crippen LogP contribution >= 0.6 is 0 Å². The summed E-state index contributed by atoms with van der Waals surface area (Å²) in [5, 5.41) is 14.5. The fourth-order valence-electron chi connectivity index (χ4n) is 3.48. The molecule has 0 bridgehead atoms. The third kappa shape index (κ3) is 11.5. The van der Waals surface area contributed by atoms with Crippen molar-refractivity contribution in [3.63, 3.8) is 0 Å². The summed E-state index contributed by atoms with van der Waals surface area (Å²) >= 11 is 0. The molecule has 1 radical (unpaired) electrons. The van der Waals surface area contributed by atoms with Crippen LogP contribution in [0.25, 0.3) is 0 Å². The minimum atomic E-state index is -0.766. The molecule has 0 aromatic carbocycles. The van der Waals surface area contributed by atoms with E-state index in [2.05, 4.69) is 10.5 Å². The summed E-state index contributed by atoms with van der Waals surface area (Å²) in [4.78, 5) is 25.4. The van der Waals surface area contributed by atoms with Gasteiger partial charge in [0.1, 0.15) is 0 Å². The van der Waals surface area contributed by atoms with E-state index in [1.807, 2.05) is 18.9 Å². The van der Waals surface area contributed by atoms with Crippen molar-refractivity contribution in [2.75, 3.05) is 13.6 Å². The van der Waals surface area contributed by atoms with Crippen molar-refractivity contribution >= 4 is 18.0 Å². The molecule has 27 heavy (non-hydrogen) atoms. The van der Waals surface area contributed by atoms with Crippen LogP contribution in [0.1, 0.15) is 71.1 Å². The zero-order valence-electron chi connectivity index (χ0n) is 16.9. The van der Waals surface area contributed by atoms with E-state index in [4.69, 9.17) is 5.73 Å². The Kier molecular flexibility index (Phi) is 15.8. The second kappa shape index (κ2) is 15.8. The van der Waals surface area contributed by atoms with Crippen LogP contribution in [0.5, 0.6) is 0 Å². The Morgan fingerprint density at radius 3 is 2.41 bits per heavy atom. The van der Waals surface area contributed by atoms with Gasteiger partial charge >= 0.3 is 6.03 Å². The maximum absolute atomic E-state index is 12.8. The van der Waals surface area contributed by atoms with Gasteiger partial charge in [-0.25, -0.2) is 10.2 Å². The van der Waals surface area contributed by atoms with E-state index < -0.39 is 18.2 Å². The first-order valence-corrected chi connectivity index (χ1v) is 9.91. The Bertz CT molecular complexity index is 462. The van der Waals surface area contributed by atoms with Crippen LogP contribution in [0, 0.1) is 50.0 Å². The molecule has 0 aromatic heterocycles. The van der Waals surface area contributed by atoms with Crippen LogP contribution in [0.15, 0.2) is 5.10 Å². The van der Waals surface area contributed by atoms with E-state index >= 15 is 0 Å². The standard InChI is InChI=1S/C19H36N4O3.Ac/c1-15(12-13-21-22-19(20)26)18(25)17-16(24)11-9-7-5-3-4-6-8-10-14-23(17)2;/h13,15,17-18,25H,3-12,14H2,1-2H3,(H3,20,22,26);/b21-13+;. The summed E-state index contributed by atoms with van der Waals surface area (Å²) in [5.41, 5.74) is 7.09. The van der Waals surface area contributed by atoms with Gasteiger partial charge in [-0.1, -0.05) is 45.4 Å². The number of hydrogen-bond acceptors (Lipinski definition) is 5. The Labute approximate surface area is 199 Å². The number of rotatable bonds is 5. The van der Waals surface area contributed by atoms with Gasteiger partial charge < -0.3 is 10.8 Å². The number of likely N-dealkylation sites (N-methyl/N-ethyl adjacent to an activating group) is 1. The third-order valence-electron chi connectivity index (χ3n) is 5.14. The first-order valence-electron chi connectivity index (χ1n) is 9.91. The van der Waals surface area contributed by atoms with Crippen molar-refractivity contribution in [1.29, 1.82) is 0 Å². The summed E-state index contributed by atoms with van der Waals surface area (Å²) in [5.74, 6) is -0.0289. The molecule has 1 rings (SSSR count). The summed E-state index contributed by atoms with van der Waals surface area (Å²) < 4.78 is 0. The first kappa shape index (κ1) is 27.0. The van der Waals surface area contributed by atoms with E-state index in [1.165, 1.54) is 38.3 Å².